The maximum absolute atomic E-state index is 12.5. The van der Waals surface area contributed by atoms with Crippen molar-refractivity contribution in [1.29, 1.82) is 0 Å². The first-order chi connectivity index (χ1) is 10.4. The first-order valence-electron chi connectivity index (χ1n) is 6.97. The summed E-state index contributed by atoms with van der Waals surface area (Å²) in [5.41, 5.74) is 3.14. The second-order valence-electron chi connectivity index (χ2n) is 5.38. The van der Waals surface area contributed by atoms with Crippen molar-refractivity contribution in [3.63, 3.8) is 0 Å². The van der Waals surface area contributed by atoms with Gasteiger partial charge in [-0.15, -0.1) is 0 Å². The van der Waals surface area contributed by atoms with Gasteiger partial charge in [-0.05, 0) is 56.2 Å². The van der Waals surface area contributed by atoms with E-state index in [1.54, 1.807) is 36.4 Å². The fraction of sp³-hybridized carbons (Fsp3) is 0.176. The molecule has 0 fully saturated rings. The molecule has 5 heteroatoms. The van der Waals surface area contributed by atoms with Gasteiger partial charge in [-0.1, -0.05) is 18.2 Å². The number of hydrogen-bond acceptors (Lipinski definition) is 3. The smallest absolute Gasteiger partial charge is 0.261 e. The highest BCUT2D eigenvalue weighted by Crippen LogP contribution is 2.32. The van der Waals surface area contributed by atoms with Crippen LogP contribution < -0.4 is 4.72 Å². The van der Waals surface area contributed by atoms with Crippen molar-refractivity contribution < 1.29 is 12.8 Å². The van der Waals surface area contributed by atoms with Gasteiger partial charge in [0, 0.05) is 5.39 Å². The van der Waals surface area contributed by atoms with Crippen molar-refractivity contribution in [2.75, 3.05) is 4.72 Å². The number of aryl methyl sites for hydroxylation is 3. The number of nitrogens with one attached hydrogen (secondary N) is 1. The fourth-order valence-electron chi connectivity index (χ4n) is 2.53. The Balaban J connectivity index is 2.10. The Bertz CT molecular complexity index is 941. The minimum atomic E-state index is -3.60. The van der Waals surface area contributed by atoms with Crippen molar-refractivity contribution >= 4 is 26.7 Å². The van der Waals surface area contributed by atoms with Crippen LogP contribution in [0.4, 0.5) is 5.69 Å². The van der Waals surface area contributed by atoms with Crippen molar-refractivity contribution in [2.45, 2.75) is 25.7 Å². The molecule has 0 saturated heterocycles. The second kappa shape index (κ2) is 5.18. The normalized spacial score (nSPS) is 11.8. The number of anilines is 1. The maximum Gasteiger partial charge on any atom is 0.261 e. The quantitative estimate of drug-likeness (QED) is 0.789. The first-order valence-corrected chi connectivity index (χ1v) is 8.45. The highest BCUT2D eigenvalue weighted by molar-refractivity contribution is 7.92. The van der Waals surface area contributed by atoms with E-state index in [-0.39, 0.29) is 4.90 Å². The molecule has 1 heterocycles. The highest BCUT2D eigenvalue weighted by atomic mass is 32.2. The Kier molecular flexibility index (Phi) is 3.45. The monoisotopic (exact) mass is 315 g/mol. The van der Waals surface area contributed by atoms with Gasteiger partial charge in [-0.25, -0.2) is 8.42 Å². The van der Waals surface area contributed by atoms with Crippen LogP contribution in [-0.2, 0) is 10.0 Å². The lowest BCUT2D eigenvalue weighted by molar-refractivity contribution is 0.576. The maximum atomic E-state index is 12.5. The largest absolute Gasteiger partial charge is 0.461 e. The SMILES string of the molecule is Cc1cc2c(C)c(NS(=O)(=O)c3ccccc3)cc(C)c2o1. The molecule has 22 heavy (non-hydrogen) atoms. The summed E-state index contributed by atoms with van der Waals surface area (Å²) in [6, 6.07) is 12.1. The molecule has 0 atom stereocenters. The van der Waals surface area contributed by atoms with Crippen LogP contribution in [0.15, 0.2) is 51.8 Å². The van der Waals surface area contributed by atoms with Crippen LogP contribution in [0.25, 0.3) is 11.0 Å². The van der Waals surface area contributed by atoms with E-state index in [4.69, 9.17) is 4.42 Å². The van der Waals surface area contributed by atoms with Crippen LogP contribution >= 0.6 is 0 Å². The molecule has 3 aromatic rings. The number of sulfonamides is 1. The molecule has 1 aromatic heterocycles. The predicted octanol–water partition coefficient (Wildman–Crippen LogP) is 4.16. The Morgan fingerprint density at radius 2 is 1.68 bits per heavy atom. The molecule has 0 unspecified atom stereocenters. The van der Waals surface area contributed by atoms with E-state index < -0.39 is 10.0 Å². The van der Waals surface area contributed by atoms with E-state index in [1.165, 1.54) is 0 Å². The summed E-state index contributed by atoms with van der Waals surface area (Å²) < 4.78 is 33.3. The van der Waals surface area contributed by atoms with Gasteiger partial charge in [0.05, 0.1) is 10.6 Å². The Morgan fingerprint density at radius 3 is 2.36 bits per heavy atom. The van der Waals surface area contributed by atoms with Crippen molar-refractivity contribution in [1.82, 2.24) is 0 Å². The summed E-state index contributed by atoms with van der Waals surface area (Å²) in [5.74, 6) is 0.810. The zero-order valence-electron chi connectivity index (χ0n) is 12.7. The third kappa shape index (κ3) is 2.48. The Morgan fingerprint density at radius 1 is 1.00 bits per heavy atom. The Labute approximate surface area is 129 Å². The predicted molar refractivity (Wildman–Crippen MR) is 87.7 cm³/mol. The number of rotatable bonds is 3. The molecule has 0 amide bonds. The van der Waals surface area contributed by atoms with Crippen LogP contribution in [0.5, 0.6) is 0 Å². The molecule has 2 aromatic carbocycles. The van der Waals surface area contributed by atoms with Gasteiger partial charge >= 0.3 is 0 Å². The molecule has 0 aliphatic rings. The Hall–Kier alpha value is -2.27. The molecule has 4 nitrogen and oxygen atoms in total. The van der Waals surface area contributed by atoms with Crippen LogP contribution in [0.2, 0.25) is 0 Å². The van der Waals surface area contributed by atoms with Gasteiger partial charge in [-0.3, -0.25) is 4.72 Å². The van der Waals surface area contributed by atoms with Gasteiger partial charge in [0.2, 0.25) is 0 Å². The molecule has 1 N–H and O–H groups in total. The third-order valence-corrected chi connectivity index (χ3v) is 5.06. The van der Waals surface area contributed by atoms with Gasteiger partial charge in [0.1, 0.15) is 11.3 Å². The van der Waals surface area contributed by atoms with E-state index in [9.17, 15) is 8.42 Å². The molecule has 0 bridgehead atoms. The standard InChI is InChI=1S/C17H17NO3S/c1-11-9-16(13(3)15-10-12(2)21-17(11)15)18-22(19,20)14-7-5-4-6-8-14/h4-10,18H,1-3H3. The highest BCUT2D eigenvalue weighted by Gasteiger charge is 2.17. The summed E-state index contributed by atoms with van der Waals surface area (Å²) in [7, 11) is -3.60. The first kappa shape index (κ1) is 14.7. The molecule has 114 valence electrons. The minimum Gasteiger partial charge on any atom is -0.461 e. The lowest BCUT2D eigenvalue weighted by atomic mass is 10.1. The van der Waals surface area contributed by atoms with Crippen LogP contribution in [0, 0.1) is 20.8 Å². The second-order valence-corrected chi connectivity index (χ2v) is 7.07. The number of furan rings is 1. The van der Waals surface area contributed by atoms with E-state index in [0.717, 1.165) is 27.9 Å². The zero-order chi connectivity index (χ0) is 15.9. The van der Waals surface area contributed by atoms with E-state index in [0.29, 0.717) is 5.69 Å². The summed E-state index contributed by atoms with van der Waals surface area (Å²) in [4.78, 5) is 0.246. The molecule has 0 saturated carbocycles. The molecule has 0 aliphatic heterocycles. The van der Waals surface area contributed by atoms with Crippen molar-refractivity contribution in [3.05, 3.63) is 59.4 Å². The summed E-state index contributed by atoms with van der Waals surface area (Å²) >= 11 is 0. The lowest BCUT2D eigenvalue weighted by Gasteiger charge is -2.12. The summed E-state index contributed by atoms with van der Waals surface area (Å²) in [5, 5.41) is 0.934. The summed E-state index contributed by atoms with van der Waals surface area (Å²) in [6.45, 7) is 5.68. The number of fused-ring (bicyclic) bond motifs is 1. The molecule has 0 aliphatic carbocycles. The fourth-order valence-corrected chi connectivity index (χ4v) is 3.67. The number of hydrogen-bond donors (Lipinski definition) is 1. The van der Waals surface area contributed by atoms with Crippen LogP contribution in [0.1, 0.15) is 16.9 Å². The topological polar surface area (TPSA) is 59.3 Å². The zero-order valence-corrected chi connectivity index (χ0v) is 13.5. The molecule has 0 radical (unpaired) electrons. The van der Waals surface area contributed by atoms with E-state index >= 15 is 0 Å². The van der Waals surface area contributed by atoms with E-state index in [1.807, 2.05) is 26.8 Å². The molecular formula is C17H17NO3S. The number of benzene rings is 2. The minimum absolute atomic E-state index is 0.246. The molecule has 0 spiro atoms. The van der Waals surface area contributed by atoms with Gasteiger partial charge in [0.15, 0.2) is 0 Å². The van der Waals surface area contributed by atoms with Crippen molar-refractivity contribution in [3.8, 4) is 0 Å². The van der Waals surface area contributed by atoms with Crippen LogP contribution in [-0.4, -0.2) is 8.42 Å². The third-order valence-electron chi connectivity index (χ3n) is 3.68. The molecular weight excluding hydrogens is 298 g/mol. The van der Waals surface area contributed by atoms with Gasteiger partial charge in [-0.2, -0.15) is 0 Å². The lowest BCUT2D eigenvalue weighted by Crippen LogP contribution is -2.13. The van der Waals surface area contributed by atoms with Crippen molar-refractivity contribution in [2.24, 2.45) is 0 Å². The molecule has 3 rings (SSSR count). The van der Waals surface area contributed by atoms with Crippen LogP contribution in [0.3, 0.4) is 0 Å². The van der Waals surface area contributed by atoms with E-state index in [2.05, 4.69) is 4.72 Å². The van der Waals surface area contributed by atoms with Gasteiger partial charge < -0.3 is 4.42 Å². The summed E-state index contributed by atoms with van der Waals surface area (Å²) in [6.07, 6.45) is 0. The average Bonchev–Trinajstić information content (AvgIpc) is 2.88. The average molecular weight is 315 g/mol. The van der Waals surface area contributed by atoms with Gasteiger partial charge in [0.25, 0.3) is 10.0 Å².